The number of terminal acetylenes is 1. The summed E-state index contributed by atoms with van der Waals surface area (Å²) in [7, 11) is 0. The van der Waals surface area contributed by atoms with E-state index in [0.717, 1.165) is 19.3 Å². The van der Waals surface area contributed by atoms with Gasteiger partial charge in [-0.3, -0.25) is 9.36 Å². The first kappa shape index (κ1) is 29.8. The van der Waals surface area contributed by atoms with Crippen molar-refractivity contribution in [3.8, 4) is 12.3 Å². The lowest BCUT2D eigenvalue weighted by atomic mass is 9.98. The SMILES string of the molecule is C#C[C@]1(CO)O[C@@H](n2cnc3c(N)nc(F)nc32)C[C@@H]1OC(=O)CCCCCCCCCCCCCCC. The molecule has 10 heteroatoms. The Bertz CT molecular complexity index is 1070. The number of nitrogens with zero attached hydrogens (tertiary/aromatic N) is 4. The van der Waals surface area contributed by atoms with Gasteiger partial charge in [0, 0.05) is 12.8 Å². The minimum atomic E-state index is -1.52. The number of halogens is 1. The van der Waals surface area contributed by atoms with Crippen LogP contribution in [0.25, 0.3) is 11.2 Å². The number of aromatic nitrogens is 4. The van der Waals surface area contributed by atoms with Gasteiger partial charge in [-0.2, -0.15) is 14.4 Å². The number of hydrogen-bond acceptors (Lipinski definition) is 8. The lowest BCUT2D eigenvalue weighted by molar-refractivity contribution is -0.158. The van der Waals surface area contributed by atoms with Gasteiger partial charge in [-0.15, -0.1) is 6.42 Å². The van der Waals surface area contributed by atoms with Gasteiger partial charge in [0.2, 0.25) is 0 Å². The van der Waals surface area contributed by atoms with Gasteiger partial charge in [0.1, 0.15) is 12.3 Å². The number of anilines is 1. The highest BCUT2D eigenvalue weighted by Gasteiger charge is 2.51. The highest BCUT2D eigenvalue weighted by atomic mass is 19.1. The largest absolute Gasteiger partial charge is 0.458 e. The maximum absolute atomic E-state index is 13.8. The van der Waals surface area contributed by atoms with Crippen molar-refractivity contribution in [3.63, 3.8) is 0 Å². The number of imidazole rings is 1. The molecule has 0 spiro atoms. The van der Waals surface area contributed by atoms with Crippen molar-refractivity contribution in [1.82, 2.24) is 19.5 Å². The molecule has 0 aromatic carbocycles. The third-order valence-corrected chi connectivity index (χ3v) is 7.25. The van der Waals surface area contributed by atoms with Crippen LogP contribution in [0.4, 0.5) is 10.2 Å². The van der Waals surface area contributed by atoms with Crippen LogP contribution in [-0.2, 0) is 14.3 Å². The van der Waals surface area contributed by atoms with Crippen LogP contribution in [-0.4, -0.2) is 48.9 Å². The van der Waals surface area contributed by atoms with Crippen LogP contribution >= 0.6 is 0 Å². The summed E-state index contributed by atoms with van der Waals surface area (Å²) in [5.74, 6) is 1.96. The van der Waals surface area contributed by atoms with Crippen molar-refractivity contribution in [2.24, 2.45) is 0 Å². The van der Waals surface area contributed by atoms with Gasteiger partial charge >= 0.3 is 12.0 Å². The predicted octanol–water partition coefficient (Wildman–Crippen LogP) is 5.22. The molecule has 2 aromatic heterocycles. The van der Waals surface area contributed by atoms with Crippen LogP contribution < -0.4 is 5.73 Å². The molecule has 1 fully saturated rings. The van der Waals surface area contributed by atoms with Crippen molar-refractivity contribution in [2.75, 3.05) is 12.3 Å². The van der Waals surface area contributed by atoms with Gasteiger partial charge in [0.15, 0.2) is 22.6 Å². The number of carbonyl (C=O) groups excluding carboxylic acids is 1. The van der Waals surface area contributed by atoms with Gasteiger partial charge < -0.3 is 20.3 Å². The molecule has 0 aliphatic carbocycles. The van der Waals surface area contributed by atoms with Gasteiger partial charge in [-0.1, -0.05) is 89.9 Å². The molecule has 3 heterocycles. The molecular weight excluding hydrogens is 489 g/mol. The molecule has 3 N–H and O–H groups in total. The number of rotatable bonds is 17. The molecule has 210 valence electrons. The Morgan fingerprint density at radius 2 is 1.76 bits per heavy atom. The molecule has 1 aliphatic heterocycles. The Labute approximate surface area is 224 Å². The maximum atomic E-state index is 13.8. The topological polar surface area (TPSA) is 125 Å². The minimum absolute atomic E-state index is 0.101. The summed E-state index contributed by atoms with van der Waals surface area (Å²) in [5.41, 5.74) is 4.56. The number of ether oxygens (including phenoxy) is 2. The number of aliphatic hydroxyl groups excluding tert-OH is 1. The average Bonchev–Trinajstić information content (AvgIpc) is 3.48. The quantitative estimate of drug-likeness (QED) is 0.123. The molecule has 0 bridgehead atoms. The number of unbranched alkanes of at least 4 members (excludes halogenated alkanes) is 12. The van der Waals surface area contributed by atoms with Gasteiger partial charge in [-0.25, -0.2) is 4.98 Å². The standard InChI is InChI=1S/C28H42FN5O4/c1-3-5-6-7-8-9-10-11-12-13-14-15-16-17-23(36)37-21-18-22(38-28(21,4-2)19-35)34-20-31-24-25(30)32-27(29)33-26(24)34/h2,20-22,35H,3,5-19H2,1H3,(H2,30,32,33)/t21-,22+,28+/m0/s1. The molecule has 3 rings (SSSR count). The van der Waals surface area contributed by atoms with Crippen LogP contribution in [0.5, 0.6) is 0 Å². The fourth-order valence-corrected chi connectivity index (χ4v) is 4.99. The second-order valence-corrected chi connectivity index (χ2v) is 10.2. The summed E-state index contributed by atoms with van der Waals surface area (Å²) in [6.07, 6.45) is 20.7. The van der Waals surface area contributed by atoms with Gasteiger partial charge in [0.25, 0.3) is 0 Å². The Morgan fingerprint density at radius 1 is 1.16 bits per heavy atom. The number of hydrogen-bond donors (Lipinski definition) is 2. The van der Waals surface area contributed by atoms with E-state index >= 15 is 0 Å². The van der Waals surface area contributed by atoms with E-state index in [1.165, 1.54) is 75.1 Å². The molecule has 9 nitrogen and oxygen atoms in total. The number of nitrogen functional groups attached to an aromatic ring is 1. The highest BCUT2D eigenvalue weighted by molar-refractivity contribution is 5.81. The van der Waals surface area contributed by atoms with Crippen molar-refractivity contribution in [2.45, 2.75) is 121 Å². The predicted molar refractivity (Wildman–Crippen MR) is 143 cm³/mol. The van der Waals surface area contributed by atoms with Crippen molar-refractivity contribution in [3.05, 3.63) is 12.4 Å². The minimum Gasteiger partial charge on any atom is -0.458 e. The fourth-order valence-electron chi connectivity index (χ4n) is 4.99. The Morgan fingerprint density at radius 3 is 2.34 bits per heavy atom. The lowest BCUT2D eigenvalue weighted by Gasteiger charge is -2.26. The molecule has 1 saturated heterocycles. The zero-order valence-electron chi connectivity index (χ0n) is 22.5. The van der Waals surface area contributed by atoms with Crippen LogP contribution in [0.3, 0.4) is 0 Å². The smallest absolute Gasteiger partial charge is 0.312 e. The zero-order valence-corrected chi connectivity index (χ0v) is 22.5. The first-order valence-electron chi connectivity index (χ1n) is 14.1. The van der Waals surface area contributed by atoms with Gasteiger partial charge in [0.05, 0.1) is 12.9 Å². The van der Waals surface area contributed by atoms with Crippen molar-refractivity contribution in [1.29, 1.82) is 0 Å². The molecule has 0 amide bonds. The zero-order chi connectivity index (χ0) is 27.4. The Hall–Kier alpha value is -2.77. The monoisotopic (exact) mass is 531 g/mol. The van der Waals surface area contributed by atoms with Gasteiger partial charge in [-0.05, 0) is 6.42 Å². The molecule has 38 heavy (non-hydrogen) atoms. The van der Waals surface area contributed by atoms with Crippen LogP contribution in [0.15, 0.2) is 6.33 Å². The Kier molecular flexibility index (Phi) is 11.7. The molecular formula is C28H42FN5O4. The summed E-state index contributed by atoms with van der Waals surface area (Å²) in [5, 5.41) is 10.0. The number of nitrogens with two attached hydrogens (primary N) is 1. The van der Waals surface area contributed by atoms with Crippen molar-refractivity contribution >= 4 is 23.0 Å². The molecule has 0 unspecified atom stereocenters. The molecule has 0 radical (unpaired) electrons. The fraction of sp³-hybridized carbons (Fsp3) is 0.714. The normalized spacial score (nSPS) is 21.1. The summed E-state index contributed by atoms with van der Waals surface area (Å²) in [6, 6.07) is 0. The second kappa shape index (κ2) is 15.0. The number of aliphatic hydroxyl groups is 1. The lowest BCUT2D eigenvalue weighted by Crippen LogP contribution is -2.44. The van der Waals surface area contributed by atoms with Crippen LogP contribution in [0, 0.1) is 18.4 Å². The van der Waals surface area contributed by atoms with E-state index in [9.17, 15) is 14.3 Å². The van der Waals surface area contributed by atoms with E-state index in [1.54, 1.807) is 0 Å². The average molecular weight is 532 g/mol. The highest BCUT2D eigenvalue weighted by Crippen LogP contribution is 2.39. The summed E-state index contributed by atoms with van der Waals surface area (Å²) in [4.78, 5) is 24.0. The van der Waals surface area contributed by atoms with E-state index in [4.69, 9.17) is 21.6 Å². The summed E-state index contributed by atoms with van der Waals surface area (Å²) < 4.78 is 26.8. The van der Waals surface area contributed by atoms with Crippen LogP contribution in [0.1, 0.15) is 109 Å². The first-order chi connectivity index (χ1) is 18.4. The third kappa shape index (κ3) is 7.87. The summed E-state index contributed by atoms with van der Waals surface area (Å²) >= 11 is 0. The summed E-state index contributed by atoms with van der Waals surface area (Å²) in [6.45, 7) is 1.70. The van der Waals surface area contributed by atoms with E-state index in [-0.39, 0.29) is 35.8 Å². The van der Waals surface area contributed by atoms with Crippen LogP contribution in [0.2, 0.25) is 0 Å². The van der Waals surface area contributed by atoms with E-state index in [2.05, 4.69) is 27.8 Å². The van der Waals surface area contributed by atoms with E-state index in [0.29, 0.717) is 0 Å². The number of fused-ring (bicyclic) bond motifs is 1. The third-order valence-electron chi connectivity index (χ3n) is 7.25. The molecule has 0 saturated carbocycles. The maximum Gasteiger partial charge on any atom is 0.312 e. The molecule has 1 aliphatic rings. The van der Waals surface area contributed by atoms with Crippen molar-refractivity contribution < 1.29 is 23.8 Å². The first-order valence-corrected chi connectivity index (χ1v) is 14.1. The molecule has 2 aromatic rings. The van der Waals surface area contributed by atoms with E-state index < -0.39 is 30.6 Å². The second-order valence-electron chi connectivity index (χ2n) is 10.2. The Balaban J connectivity index is 1.40. The molecule has 3 atom stereocenters. The van der Waals surface area contributed by atoms with E-state index in [1.807, 2.05) is 0 Å². The number of carbonyl (C=O) groups is 1. The number of esters is 1.